The lowest BCUT2D eigenvalue weighted by molar-refractivity contribution is 0.0821. The maximum atomic E-state index is 11.9. The Kier molecular flexibility index (Phi) is 4.41. The van der Waals surface area contributed by atoms with Gasteiger partial charge in [-0.25, -0.2) is 4.98 Å². The van der Waals surface area contributed by atoms with Crippen molar-refractivity contribution in [3.63, 3.8) is 0 Å². The maximum Gasteiger partial charge on any atom is 0.271 e. The van der Waals surface area contributed by atoms with Gasteiger partial charge in [0.25, 0.3) is 5.91 Å². The van der Waals surface area contributed by atoms with Crippen molar-refractivity contribution in [1.82, 2.24) is 19.4 Å². The van der Waals surface area contributed by atoms with E-state index < -0.39 is 0 Å². The van der Waals surface area contributed by atoms with E-state index in [0.717, 1.165) is 15.7 Å². The van der Waals surface area contributed by atoms with Crippen molar-refractivity contribution in [3.05, 3.63) is 35.9 Å². The summed E-state index contributed by atoms with van der Waals surface area (Å²) in [6.07, 6.45) is 3.24. The van der Waals surface area contributed by atoms with Crippen LogP contribution in [0.25, 0.3) is 0 Å². The van der Waals surface area contributed by atoms with Crippen LogP contribution in [0, 0.1) is 0 Å². The molecule has 1 amide bonds. The van der Waals surface area contributed by atoms with E-state index in [2.05, 4.69) is 9.97 Å². The van der Waals surface area contributed by atoms with Gasteiger partial charge in [0.2, 0.25) is 0 Å². The van der Waals surface area contributed by atoms with E-state index in [-0.39, 0.29) is 12.5 Å². The van der Waals surface area contributed by atoms with E-state index in [4.69, 9.17) is 5.11 Å². The van der Waals surface area contributed by atoms with Crippen LogP contribution in [-0.2, 0) is 13.7 Å². The highest BCUT2D eigenvalue weighted by Crippen LogP contribution is 2.27. The minimum atomic E-state index is -0.136. The summed E-state index contributed by atoms with van der Waals surface area (Å²) in [5.41, 5.74) is 1.14. The van der Waals surface area contributed by atoms with Crippen molar-refractivity contribution in [2.24, 2.45) is 7.05 Å². The predicted octanol–water partition coefficient (Wildman–Crippen LogP) is 1.16. The number of hydrogen-bond acceptors (Lipinski definition) is 5. The Labute approximate surface area is 121 Å². The Morgan fingerprint density at radius 1 is 1.45 bits per heavy atom. The van der Waals surface area contributed by atoms with Crippen LogP contribution >= 0.6 is 11.8 Å². The SMILES string of the molecule is CN(C)C(=O)c1cc(Sc2ncc(CO)n2C)ccn1. The van der Waals surface area contributed by atoms with Gasteiger partial charge in [-0.15, -0.1) is 0 Å². The summed E-state index contributed by atoms with van der Waals surface area (Å²) in [6.45, 7) is -0.0508. The van der Waals surface area contributed by atoms with Gasteiger partial charge in [-0.3, -0.25) is 9.78 Å². The molecule has 0 aliphatic carbocycles. The van der Waals surface area contributed by atoms with Gasteiger partial charge in [0.15, 0.2) is 5.16 Å². The maximum absolute atomic E-state index is 11.9. The summed E-state index contributed by atoms with van der Waals surface area (Å²) in [7, 11) is 5.22. The van der Waals surface area contributed by atoms with Crippen LogP contribution in [0.1, 0.15) is 16.2 Å². The van der Waals surface area contributed by atoms with Gasteiger partial charge in [-0.2, -0.15) is 0 Å². The Morgan fingerprint density at radius 3 is 2.80 bits per heavy atom. The molecule has 6 nitrogen and oxygen atoms in total. The predicted molar refractivity (Wildman–Crippen MR) is 75.5 cm³/mol. The third kappa shape index (κ3) is 3.00. The number of aliphatic hydroxyl groups excluding tert-OH is 1. The largest absolute Gasteiger partial charge is 0.390 e. The third-order valence-corrected chi connectivity index (χ3v) is 3.82. The van der Waals surface area contributed by atoms with Gasteiger partial charge in [-0.1, -0.05) is 11.8 Å². The van der Waals surface area contributed by atoms with Crippen molar-refractivity contribution in [3.8, 4) is 0 Å². The first-order valence-corrected chi connectivity index (χ1v) is 6.81. The van der Waals surface area contributed by atoms with E-state index in [1.165, 1.54) is 16.7 Å². The second-order valence-electron chi connectivity index (χ2n) is 4.43. The zero-order valence-corrected chi connectivity index (χ0v) is 12.4. The number of hydrogen-bond donors (Lipinski definition) is 1. The van der Waals surface area contributed by atoms with Crippen molar-refractivity contribution in [2.45, 2.75) is 16.7 Å². The fourth-order valence-electron chi connectivity index (χ4n) is 1.59. The monoisotopic (exact) mass is 292 g/mol. The first-order chi connectivity index (χ1) is 9.52. The van der Waals surface area contributed by atoms with E-state index >= 15 is 0 Å². The molecule has 2 aromatic rings. The number of aliphatic hydroxyl groups is 1. The molecule has 0 bridgehead atoms. The zero-order valence-electron chi connectivity index (χ0n) is 11.6. The number of aromatic nitrogens is 3. The van der Waals surface area contributed by atoms with E-state index in [1.54, 1.807) is 32.6 Å². The molecule has 0 unspecified atom stereocenters. The molecular weight excluding hydrogens is 276 g/mol. The van der Waals surface area contributed by atoms with Gasteiger partial charge in [-0.05, 0) is 12.1 Å². The number of nitrogens with zero attached hydrogens (tertiary/aromatic N) is 4. The summed E-state index contributed by atoms with van der Waals surface area (Å²) in [5, 5.41) is 9.90. The summed E-state index contributed by atoms with van der Waals surface area (Å²) < 4.78 is 1.82. The van der Waals surface area contributed by atoms with Crippen LogP contribution in [0.2, 0.25) is 0 Å². The van der Waals surface area contributed by atoms with Gasteiger partial charge < -0.3 is 14.6 Å². The Bertz CT molecular complexity index is 625. The summed E-state index contributed by atoms with van der Waals surface area (Å²) in [6, 6.07) is 3.56. The summed E-state index contributed by atoms with van der Waals surface area (Å²) in [4.78, 5) is 22.5. The molecule has 0 spiro atoms. The quantitative estimate of drug-likeness (QED) is 0.915. The third-order valence-electron chi connectivity index (χ3n) is 2.77. The molecule has 0 radical (unpaired) electrons. The van der Waals surface area contributed by atoms with E-state index in [9.17, 15) is 4.79 Å². The van der Waals surface area contributed by atoms with Crippen molar-refractivity contribution in [1.29, 1.82) is 0 Å². The highest BCUT2D eigenvalue weighted by molar-refractivity contribution is 7.99. The van der Waals surface area contributed by atoms with Gasteiger partial charge in [0.1, 0.15) is 5.69 Å². The molecule has 106 valence electrons. The molecule has 7 heteroatoms. The van der Waals surface area contributed by atoms with Crippen LogP contribution in [-0.4, -0.2) is 44.5 Å². The lowest BCUT2D eigenvalue weighted by atomic mass is 10.3. The highest BCUT2D eigenvalue weighted by Gasteiger charge is 2.12. The van der Waals surface area contributed by atoms with Crippen molar-refractivity contribution >= 4 is 17.7 Å². The second kappa shape index (κ2) is 6.06. The Morgan fingerprint density at radius 2 is 2.20 bits per heavy atom. The number of imidazole rings is 1. The molecule has 2 heterocycles. The molecule has 0 aliphatic heterocycles. The number of amides is 1. The number of rotatable bonds is 4. The van der Waals surface area contributed by atoms with Crippen molar-refractivity contribution in [2.75, 3.05) is 14.1 Å². The van der Waals surface area contributed by atoms with Gasteiger partial charge in [0, 0.05) is 32.2 Å². The minimum Gasteiger partial charge on any atom is -0.390 e. The van der Waals surface area contributed by atoms with Gasteiger partial charge >= 0.3 is 0 Å². The molecule has 0 aliphatic rings. The molecule has 1 N–H and O–H groups in total. The smallest absolute Gasteiger partial charge is 0.271 e. The van der Waals surface area contributed by atoms with Crippen LogP contribution in [0.4, 0.5) is 0 Å². The number of pyridine rings is 1. The average Bonchev–Trinajstić information content (AvgIpc) is 2.79. The highest BCUT2D eigenvalue weighted by atomic mass is 32.2. The summed E-state index contributed by atoms with van der Waals surface area (Å²) >= 11 is 1.42. The fourth-order valence-corrected chi connectivity index (χ4v) is 2.46. The van der Waals surface area contributed by atoms with Crippen LogP contribution in [0.15, 0.2) is 34.6 Å². The first kappa shape index (κ1) is 14.5. The normalized spacial score (nSPS) is 10.6. The van der Waals surface area contributed by atoms with Crippen LogP contribution in [0.3, 0.4) is 0 Å². The van der Waals surface area contributed by atoms with Crippen LogP contribution in [0.5, 0.6) is 0 Å². The summed E-state index contributed by atoms with van der Waals surface area (Å²) in [5.74, 6) is -0.136. The lowest BCUT2D eigenvalue weighted by Gasteiger charge is -2.10. The standard InChI is InChI=1S/C13H16N4O2S/c1-16(2)12(19)11-6-10(4-5-14-11)20-13-15-7-9(8-18)17(13)3/h4-7,18H,8H2,1-3H3. The molecule has 2 rings (SSSR count). The number of carbonyl (C=O) groups excluding carboxylic acids is 1. The molecule has 0 saturated heterocycles. The molecule has 20 heavy (non-hydrogen) atoms. The van der Waals surface area contributed by atoms with Crippen molar-refractivity contribution < 1.29 is 9.90 Å². The van der Waals surface area contributed by atoms with E-state index in [1.807, 2.05) is 17.7 Å². The number of carbonyl (C=O) groups is 1. The Balaban J connectivity index is 2.23. The molecule has 0 atom stereocenters. The van der Waals surface area contributed by atoms with Crippen LogP contribution < -0.4 is 0 Å². The second-order valence-corrected chi connectivity index (χ2v) is 5.47. The topological polar surface area (TPSA) is 71.2 Å². The lowest BCUT2D eigenvalue weighted by Crippen LogP contribution is -2.22. The molecule has 2 aromatic heterocycles. The van der Waals surface area contributed by atoms with E-state index in [0.29, 0.717) is 5.69 Å². The molecular formula is C13H16N4O2S. The first-order valence-electron chi connectivity index (χ1n) is 6.00. The zero-order chi connectivity index (χ0) is 14.7. The molecule has 0 aromatic carbocycles. The van der Waals surface area contributed by atoms with Gasteiger partial charge in [0.05, 0.1) is 18.5 Å². The molecule has 0 saturated carbocycles. The molecule has 0 fully saturated rings. The average molecular weight is 292 g/mol. The fraction of sp³-hybridized carbons (Fsp3) is 0.308. The Hall–Kier alpha value is -1.86. The minimum absolute atomic E-state index is 0.0508.